The molecule has 0 aromatic heterocycles. The Hall–Kier alpha value is -1.02. The van der Waals surface area contributed by atoms with E-state index in [-0.39, 0.29) is 17.4 Å². The van der Waals surface area contributed by atoms with Crippen LogP contribution >= 0.6 is 11.6 Å². The van der Waals surface area contributed by atoms with Crippen molar-refractivity contribution in [1.82, 2.24) is 0 Å². The minimum absolute atomic E-state index is 0.0163. The molecule has 0 spiro atoms. The fraction of sp³-hybridized carbons (Fsp3) is 0.417. The fourth-order valence-electron chi connectivity index (χ4n) is 1.76. The predicted molar refractivity (Wildman–Crippen MR) is 62.0 cm³/mol. The van der Waals surface area contributed by atoms with Crippen LogP contribution in [0.25, 0.3) is 0 Å². The molecule has 1 rings (SSSR count). The van der Waals surface area contributed by atoms with E-state index in [9.17, 15) is 9.90 Å². The van der Waals surface area contributed by atoms with Gasteiger partial charge in [0.15, 0.2) is 5.78 Å². The van der Waals surface area contributed by atoms with E-state index in [2.05, 4.69) is 0 Å². The molecule has 0 saturated heterocycles. The van der Waals surface area contributed by atoms with Gasteiger partial charge < -0.3 is 5.11 Å². The van der Waals surface area contributed by atoms with Gasteiger partial charge in [-0.05, 0) is 30.0 Å². The normalized spacial score (nSPS) is 10.7. The lowest BCUT2D eigenvalue weighted by atomic mass is 9.92. The van der Waals surface area contributed by atoms with Crippen molar-refractivity contribution in [2.75, 3.05) is 5.88 Å². The van der Waals surface area contributed by atoms with Crippen molar-refractivity contribution in [1.29, 1.82) is 0 Å². The molecule has 0 radical (unpaired) electrons. The predicted octanol–water partition coefficient (Wildman–Crippen LogP) is 3.25. The first-order valence-corrected chi connectivity index (χ1v) is 5.44. The summed E-state index contributed by atoms with van der Waals surface area (Å²) < 4.78 is 0. The molecule has 3 heteroatoms. The van der Waals surface area contributed by atoms with Crippen LogP contribution in [0.15, 0.2) is 12.1 Å². The monoisotopic (exact) mass is 226 g/mol. The Kier molecular flexibility index (Phi) is 3.75. The molecular formula is C12H15ClO2. The molecule has 1 aromatic carbocycles. The molecule has 2 nitrogen and oxygen atoms in total. The van der Waals surface area contributed by atoms with Crippen LogP contribution in [0.4, 0.5) is 0 Å². The minimum atomic E-state index is -0.228. The molecule has 82 valence electrons. The van der Waals surface area contributed by atoms with Crippen LogP contribution in [0.3, 0.4) is 0 Å². The third kappa shape index (κ3) is 2.32. The number of hydrogen-bond acceptors (Lipinski definition) is 2. The van der Waals surface area contributed by atoms with Crippen LogP contribution in [0.5, 0.6) is 5.75 Å². The average Bonchev–Trinajstić information content (AvgIpc) is 2.16. The molecule has 0 heterocycles. The molecule has 0 amide bonds. The van der Waals surface area contributed by atoms with E-state index < -0.39 is 0 Å². The van der Waals surface area contributed by atoms with Crippen molar-refractivity contribution in [2.24, 2.45) is 0 Å². The number of rotatable bonds is 3. The van der Waals surface area contributed by atoms with Gasteiger partial charge in [-0.2, -0.15) is 0 Å². The summed E-state index contributed by atoms with van der Waals surface area (Å²) >= 11 is 5.50. The summed E-state index contributed by atoms with van der Waals surface area (Å²) in [5, 5.41) is 9.62. The van der Waals surface area contributed by atoms with Crippen molar-refractivity contribution in [3.63, 3.8) is 0 Å². The molecule has 0 aliphatic rings. The lowest BCUT2D eigenvalue weighted by Crippen LogP contribution is -2.06. The third-order valence-corrected chi connectivity index (χ3v) is 2.75. The maximum absolute atomic E-state index is 11.5. The summed E-state index contributed by atoms with van der Waals surface area (Å²) in [6.07, 6.45) is 0. The standard InChI is InChI=1S/C12H15ClO2/c1-7(2)9-4-5-10(14)12(8(9)3)11(15)6-13/h4-5,7,14H,6H2,1-3H3. The Morgan fingerprint density at radius 2 is 2.07 bits per heavy atom. The second-order valence-corrected chi connectivity index (χ2v) is 4.15. The molecule has 0 atom stereocenters. The first-order chi connectivity index (χ1) is 6.99. The zero-order valence-corrected chi connectivity index (χ0v) is 9.93. The molecule has 0 unspecified atom stereocenters. The summed E-state index contributed by atoms with van der Waals surface area (Å²) in [6.45, 7) is 5.94. The molecule has 0 aliphatic carbocycles. The van der Waals surface area contributed by atoms with E-state index in [1.165, 1.54) is 0 Å². The van der Waals surface area contributed by atoms with E-state index in [4.69, 9.17) is 11.6 Å². The Morgan fingerprint density at radius 3 is 2.53 bits per heavy atom. The Bertz CT molecular complexity index is 383. The smallest absolute Gasteiger partial charge is 0.181 e. The number of aromatic hydroxyl groups is 1. The van der Waals surface area contributed by atoms with Crippen molar-refractivity contribution >= 4 is 17.4 Å². The van der Waals surface area contributed by atoms with Crippen LogP contribution in [-0.4, -0.2) is 16.8 Å². The van der Waals surface area contributed by atoms with E-state index in [1.807, 2.05) is 26.8 Å². The average molecular weight is 227 g/mol. The van der Waals surface area contributed by atoms with Gasteiger partial charge in [-0.25, -0.2) is 0 Å². The number of ketones is 1. The number of halogens is 1. The lowest BCUT2D eigenvalue weighted by molar-refractivity contribution is 0.101. The number of Topliss-reactive ketones (excluding diaryl/α,β-unsaturated/α-hetero) is 1. The van der Waals surface area contributed by atoms with Crippen LogP contribution in [0, 0.1) is 6.92 Å². The largest absolute Gasteiger partial charge is 0.507 e. The van der Waals surface area contributed by atoms with Gasteiger partial charge in [0.25, 0.3) is 0 Å². The first kappa shape index (κ1) is 12.1. The summed E-state index contributed by atoms with van der Waals surface area (Å²) in [6, 6.07) is 3.41. The first-order valence-electron chi connectivity index (χ1n) is 4.90. The van der Waals surface area contributed by atoms with E-state index in [1.54, 1.807) is 6.07 Å². The van der Waals surface area contributed by atoms with Gasteiger partial charge in [0.05, 0.1) is 11.4 Å². The van der Waals surface area contributed by atoms with Crippen molar-refractivity contribution in [3.8, 4) is 5.75 Å². The highest BCUT2D eigenvalue weighted by molar-refractivity contribution is 6.31. The van der Waals surface area contributed by atoms with Crippen LogP contribution in [0.2, 0.25) is 0 Å². The second kappa shape index (κ2) is 4.67. The van der Waals surface area contributed by atoms with Crippen molar-refractivity contribution < 1.29 is 9.90 Å². The van der Waals surface area contributed by atoms with Gasteiger partial charge in [0, 0.05) is 0 Å². The van der Waals surface area contributed by atoms with E-state index >= 15 is 0 Å². The molecule has 15 heavy (non-hydrogen) atoms. The van der Waals surface area contributed by atoms with Gasteiger partial charge in [0.1, 0.15) is 5.75 Å². The molecule has 0 aliphatic heterocycles. The molecule has 1 aromatic rings. The highest BCUT2D eigenvalue weighted by Gasteiger charge is 2.16. The van der Waals surface area contributed by atoms with Crippen LogP contribution < -0.4 is 0 Å². The van der Waals surface area contributed by atoms with Crippen molar-refractivity contribution in [3.05, 3.63) is 28.8 Å². The number of alkyl halides is 1. The fourth-order valence-corrected chi connectivity index (χ4v) is 1.89. The zero-order valence-electron chi connectivity index (χ0n) is 9.17. The Morgan fingerprint density at radius 1 is 1.47 bits per heavy atom. The van der Waals surface area contributed by atoms with Gasteiger partial charge in [-0.1, -0.05) is 19.9 Å². The number of carbonyl (C=O) groups excluding carboxylic acids is 1. The number of carbonyl (C=O) groups is 1. The number of phenolic OH excluding ortho intramolecular Hbond substituents is 1. The summed E-state index contributed by atoms with van der Waals surface area (Å²) in [5.74, 6) is 0.0138. The topological polar surface area (TPSA) is 37.3 Å². The maximum Gasteiger partial charge on any atom is 0.181 e. The Balaban J connectivity index is 3.36. The minimum Gasteiger partial charge on any atom is -0.507 e. The highest BCUT2D eigenvalue weighted by Crippen LogP contribution is 2.28. The maximum atomic E-state index is 11.5. The lowest BCUT2D eigenvalue weighted by Gasteiger charge is -2.14. The van der Waals surface area contributed by atoms with E-state index in [0.29, 0.717) is 11.5 Å². The summed E-state index contributed by atoms with van der Waals surface area (Å²) in [7, 11) is 0. The molecule has 0 bridgehead atoms. The van der Waals surface area contributed by atoms with Crippen LogP contribution in [-0.2, 0) is 0 Å². The van der Waals surface area contributed by atoms with Gasteiger partial charge >= 0.3 is 0 Å². The molecule has 1 N–H and O–H groups in total. The summed E-state index contributed by atoms with van der Waals surface area (Å²) in [5.41, 5.74) is 2.26. The molecule has 0 saturated carbocycles. The van der Waals surface area contributed by atoms with Gasteiger partial charge in [-0.15, -0.1) is 11.6 Å². The highest BCUT2D eigenvalue weighted by atomic mass is 35.5. The molecular weight excluding hydrogens is 212 g/mol. The Labute approximate surface area is 94.9 Å². The number of phenols is 1. The molecule has 0 fully saturated rings. The quantitative estimate of drug-likeness (QED) is 0.635. The second-order valence-electron chi connectivity index (χ2n) is 3.89. The zero-order chi connectivity index (χ0) is 11.6. The SMILES string of the molecule is Cc1c(C(C)C)ccc(O)c1C(=O)CCl. The van der Waals surface area contributed by atoms with Crippen LogP contribution in [0.1, 0.15) is 41.3 Å². The number of benzene rings is 1. The number of hydrogen-bond donors (Lipinski definition) is 1. The van der Waals surface area contributed by atoms with Crippen molar-refractivity contribution in [2.45, 2.75) is 26.7 Å². The van der Waals surface area contributed by atoms with E-state index in [0.717, 1.165) is 11.1 Å². The van der Waals surface area contributed by atoms with Gasteiger partial charge in [0.2, 0.25) is 0 Å². The third-order valence-electron chi connectivity index (χ3n) is 2.51. The van der Waals surface area contributed by atoms with Gasteiger partial charge in [-0.3, -0.25) is 4.79 Å². The summed E-state index contributed by atoms with van der Waals surface area (Å²) in [4.78, 5) is 11.5.